The van der Waals surface area contributed by atoms with E-state index < -0.39 is 5.54 Å². The van der Waals surface area contributed by atoms with Gasteiger partial charge in [-0.1, -0.05) is 11.8 Å². The minimum Gasteiger partial charge on any atom is -0.468 e. The first-order chi connectivity index (χ1) is 9.22. The zero-order chi connectivity index (χ0) is 13.3. The number of methoxy groups -OCH3 is 1. The number of aromatic nitrogens is 1. The molecular formula is C13H18N2O2S2. The monoisotopic (exact) mass is 298 g/mol. The summed E-state index contributed by atoms with van der Waals surface area (Å²) < 4.78 is 6.12. The van der Waals surface area contributed by atoms with Crippen molar-refractivity contribution in [3.63, 3.8) is 0 Å². The zero-order valence-corrected chi connectivity index (χ0v) is 12.6. The van der Waals surface area contributed by atoms with Gasteiger partial charge in [0.05, 0.1) is 7.11 Å². The molecule has 0 aliphatic heterocycles. The van der Waals surface area contributed by atoms with Gasteiger partial charge in [-0.2, -0.15) is 0 Å². The fourth-order valence-electron chi connectivity index (χ4n) is 2.70. The Hall–Kier alpha value is -0.590. The maximum absolute atomic E-state index is 12.1. The number of hydrogen-bond acceptors (Lipinski definition) is 6. The van der Waals surface area contributed by atoms with Crippen LogP contribution in [0.5, 0.6) is 0 Å². The summed E-state index contributed by atoms with van der Waals surface area (Å²) >= 11 is 3.46. The number of thiazole rings is 1. The fraction of sp³-hybridized carbons (Fsp3) is 0.692. The molecule has 6 heteroatoms. The first-order valence-corrected chi connectivity index (χ1v) is 8.40. The first kappa shape index (κ1) is 13.4. The molecule has 2 saturated carbocycles. The quantitative estimate of drug-likeness (QED) is 0.846. The van der Waals surface area contributed by atoms with E-state index in [2.05, 4.69) is 10.3 Å². The molecule has 0 spiro atoms. The Bertz CT molecular complexity index is 448. The molecule has 0 aromatic carbocycles. The van der Waals surface area contributed by atoms with E-state index in [1.165, 1.54) is 20.0 Å². The number of nitrogens with one attached hydrogen (secondary N) is 1. The average Bonchev–Trinajstić information content (AvgIpc) is 2.91. The van der Waals surface area contributed by atoms with Crippen molar-refractivity contribution >= 4 is 29.1 Å². The molecule has 0 amide bonds. The van der Waals surface area contributed by atoms with Gasteiger partial charge in [0, 0.05) is 22.9 Å². The van der Waals surface area contributed by atoms with Crippen LogP contribution in [0.1, 0.15) is 32.1 Å². The molecule has 2 aliphatic rings. The van der Waals surface area contributed by atoms with Gasteiger partial charge in [0.15, 0.2) is 0 Å². The van der Waals surface area contributed by atoms with Crippen LogP contribution in [0, 0.1) is 0 Å². The number of carbonyl (C=O) groups excluding carboxylic acids is 1. The molecule has 1 heterocycles. The van der Waals surface area contributed by atoms with Crippen molar-refractivity contribution in [1.29, 1.82) is 0 Å². The highest BCUT2D eigenvalue weighted by Crippen LogP contribution is 2.42. The van der Waals surface area contributed by atoms with Crippen LogP contribution in [0.4, 0.5) is 0 Å². The molecule has 19 heavy (non-hydrogen) atoms. The van der Waals surface area contributed by atoms with E-state index in [0.29, 0.717) is 11.3 Å². The Morgan fingerprint density at radius 1 is 1.58 bits per heavy atom. The lowest BCUT2D eigenvalue weighted by atomic mass is 9.97. The highest BCUT2D eigenvalue weighted by molar-refractivity contribution is 8.01. The molecule has 3 rings (SSSR count). The minimum atomic E-state index is -0.454. The van der Waals surface area contributed by atoms with Crippen molar-refractivity contribution in [3.8, 4) is 0 Å². The van der Waals surface area contributed by atoms with Crippen molar-refractivity contribution in [2.24, 2.45) is 0 Å². The Labute approximate surface area is 121 Å². The third-order valence-corrected chi connectivity index (χ3v) is 5.97. The SMILES string of the molecule is COC(=O)C1(NC2CC2)CCC(Sc2nccs2)C1. The largest absolute Gasteiger partial charge is 0.468 e. The van der Waals surface area contributed by atoms with Gasteiger partial charge in [0.25, 0.3) is 0 Å². The van der Waals surface area contributed by atoms with E-state index in [1.54, 1.807) is 23.1 Å². The molecule has 2 atom stereocenters. The van der Waals surface area contributed by atoms with Gasteiger partial charge in [-0.25, -0.2) is 4.98 Å². The molecule has 104 valence electrons. The van der Waals surface area contributed by atoms with Crippen LogP contribution in [-0.2, 0) is 9.53 Å². The van der Waals surface area contributed by atoms with Gasteiger partial charge in [-0.15, -0.1) is 11.3 Å². The Balaban J connectivity index is 1.67. The summed E-state index contributed by atoms with van der Waals surface area (Å²) in [7, 11) is 1.49. The normalized spacial score (nSPS) is 30.5. The maximum Gasteiger partial charge on any atom is 0.326 e. The lowest BCUT2D eigenvalue weighted by Crippen LogP contribution is -2.52. The summed E-state index contributed by atoms with van der Waals surface area (Å²) in [6.45, 7) is 0. The molecule has 2 aliphatic carbocycles. The molecule has 1 N–H and O–H groups in total. The summed E-state index contributed by atoms with van der Waals surface area (Å²) in [5.41, 5.74) is -0.454. The molecule has 0 saturated heterocycles. The lowest BCUT2D eigenvalue weighted by molar-refractivity contribution is -0.148. The summed E-state index contributed by atoms with van der Waals surface area (Å²) in [5.74, 6) is -0.0957. The molecule has 2 fully saturated rings. The topological polar surface area (TPSA) is 51.2 Å². The molecule has 0 bridgehead atoms. The van der Waals surface area contributed by atoms with Crippen molar-refractivity contribution in [1.82, 2.24) is 10.3 Å². The smallest absolute Gasteiger partial charge is 0.326 e. The van der Waals surface area contributed by atoms with E-state index in [4.69, 9.17) is 4.74 Å². The van der Waals surface area contributed by atoms with Gasteiger partial charge >= 0.3 is 5.97 Å². The molecule has 4 nitrogen and oxygen atoms in total. The number of rotatable bonds is 5. The summed E-state index contributed by atoms with van der Waals surface area (Å²) in [4.78, 5) is 16.5. The van der Waals surface area contributed by atoms with Gasteiger partial charge in [0.2, 0.25) is 0 Å². The lowest BCUT2D eigenvalue weighted by Gasteiger charge is -2.27. The number of ether oxygens (including phenoxy) is 1. The number of nitrogens with zero attached hydrogens (tertiary/aromatic N) is 1. The third-order valence-electron chi connectivity index (χ3n) is 3.78. The predicted molar refractivity (Wildman–Crippen MR) is 76.5 cm³/mol. The Kier molecular flexibility index (Phi) is 3.82. The number of esters is 1. The van der Waals surface area contributed by atoms with Crippen LogP contribution in [0.25, 0.3) is 0 Å². The van der Waals surface area contributed by atoms with Crippen molar-refractivity contribution in [2.75, 3.05) is 7.11 Å². The third kappa shape index (κ3) is 2.95. The second-order valence-corrected chi connectivity index (χ2v) is 7.72. The van der Waals surface area contributed by atoms with Gasteiger partial charge in [-0.3, -0.25) is 10.1 Å². The van der Waals surface area contributed by atoms with Crippen molar-refractivity contribution in [2.45, 2.75) is 53.3 Å². The van der Waals surface area contributed by atoms with E-state index in [9.17, 15) is 4.79 Å². The summed E-state index contributed by atoms with van der Waals surface area (Å²) in [6, 6.07) is 0.516. The zero-order valence-electron chi connectivity index (χ0n) is 10.9. The Morgan fingerprint density at radius 2 is 2.42 bits per heavy atom. The fourth-order valence-corrected chi connectivity index (χ4v) is 4.87. The highest BCUT2D eigenvalue weighted by Gasteiger charge is 2.49. The molecule has 1 aromatic rings. The van der Waals surface area contributed by atoms with Gasteiger partial charge in [-0.05, 0) is 32.1 Å². The van der Waals surface area contributed by atoms with E-state index in [1.807, 2.05) is 11.6 Å². The Morgan fingerprint density at radius 3 is 3.05 bits per heavy atom. The van der Waals surface area contributed by atoms with Crippen LogP contribution >= 0.6 is 23.1 Å². The van der Waals surface area contributed by atoms with E-state index in [0.717, 1.165) is 23.6 Å². The molecular weight excluding hydrogens is 280 g/mol. The second-order valence-electron chi connectivity index (χ2n) is 5.27. The highest BCUT2D eigenvalue weighted by atomic mass is 32.2. The standard InChI is InChI=1S/C13H18N2O2S2/c1-17-11(16)13(15-9-2-3-9)5-4-10(8-13)19-12-14-6-7-18-12/h6-7,9-10,15H,2-5,8H2,1H3. The number of carbonyl (C=O) groups is 1. The van der Waals surface area contributed by atoms with Crippen LogP contribution < -0.4 is 5.32 Å². The van der Waals surface area contributed by atoms with Crippen LogP contribution in [0.3, 0.4) is 0 Å². The maximum atomic E-state index is 12.1. The van der Waals surface area contributed by atoms with E-state index in [-0.39, 0.29) is 5.97 Å². The van der Waals surface area contributed by atoms with Crippen LogP contribution in [0.2, 0.25) is 0 Å². The van der Waals surface area contributed by atoms with E-state index >= 15 is 0 Å². The van der Waals surface area contributed by atoms with Gasteiger partial charge in [0.1, 0.15) is 9.88 Å². The molecule has 2 unspecified atom stereocenters. The average molecular weight is 298 g/mol. The molecule has 0 radical (unpaired) electrons. The second kappa shape index (κ2) is 5.42. The van der Waals surface area contributed by atoms with Crippen LogP contribution in [-0.4, -0.2) is 34.9 Å². The summed E-state index contributed by atoms with van der Waals surface area (Å²) in [6.07, 6.45) is 6.96. The first-order valence-electron chi connectivity index (χ1n) is 6.64. The number of hydrogen-bond donors (Lipinski definition) is 1. The molecule has 1 aromatic heterocycles. The van der Waals surface area contributed by atoms with Crippen molar-refractivity contribution < 1.29 is 9.53 Å². The number of thioether (sulfide) groups is 1. The summed E-state index contributed by atoms with van der Waals surface area (Å²) in [5, 5.41) is 5.97. The minimum absolute atomic E-state index is 0.0957. The van der Waals surface area contributed by atoms with Crippen molar-refractivity contribution in [3.05, 3.63) is 11.6 Å². The van der Waals surface area contributed by atoms with Crippen LogP contribution in [0.15, 0.2) is 15.9 Å². The van der Waals surface area contributed by atoms with Gasteiger partial charge < -0.3 is 4.74 Å². The predicted octanol–water partition coefficient (Wildman–Crippen LogP) is 2.45.